The summed E-state index contributed by atoms with van der Waals surface area (Å²) in [5.41, 5.74) is 0.324. The molecule has 24 heavy (non-hydrogen) atoms. The van der Waals surface area contributed by atoms with Crippen LogP contribution >= 0.6 is 11.3 Å². The van der Waals surface area contributed by atoms with E-state index in [4.69, 9.17) is 4.74 Å². The molecule has 1 atom stereocenters. The zero-order valence-electron chi connectivity index (χ0n) is 12.9. The van der Waals surface area contributed by atoms with Crippen LogP contribution < -0.4 is 10.1 Å². The number of hydrogen-bond acceptors (Lipinski definition) is 4. The molecule has 2 aromatic heterocycles. The monoisotopic (exact) mass is 342 g/mol. The fourth-order valence-corrected chi connectivity index (χ4v) is 2.88. The zero-order valence-corrected chi connectivity index (χ0v) is 13.7. The van der Waals surface area contributed by atoms with E-state index in [1.54, 1.807) is 29.7 Å². The summed E-state index contributed by atoms with van der Waals surface area (Å²) in [7, 11) is 0. The van der Waals surface area contributed by atoms with Crippen molar-refractivity contribution in [3.8, 4) is 11.6 Å². The number of ether oxygens (including phenoxy) is 1. The van der Waals surface area contributed by atoms with E-state index in [0.717, 1.165) is 4.88 Å². The zero-order chi connectivity index (χ0) is 16.9. The van der Waals surface area contributed by atoms with Gasteiger partial charge in [-0.05, 0) is 54.8 Å². The number of thiophene rings is 1. The van der Waals surface area contributed by atoms with Gasteiger partial charge in [-0.1, -0.05) is 6.07 Å². The van der Waals surface area contributed by atoms with Crippen molar-refractivity contribution in [2.45, 2.75) is 13.0 Å². The Morgan fingerprint density at radius 2 is 2.00 bits per heavy atom. The van der Waals surface area contributed by atoms with Gasteiger partial charge >= 0.3 is 0 Å². The first kappa shape index (κ1) is 16.1. The second kappa shape index (κ2) is 7.23. The molecular weight excluding hydrogens is 327 g/mol. The minimum absolute atomic E-state index is 0.114. The number of nitrogens with zero attached hydrogens (tertiary/aromatic N) is 1. The van der Waals surface area contributed by atoms with Gasteiger partial charge in [0.2, 0.25) is 5.88 Å². The average Bonchev–Trinajstić information content (AvgIpc) is 3.12. The number of hydrogen-bond donors (Lipinski definition) is 1. The van der Waals surface area contributed by atoms with Gasteiger partial charge in [0.25, 0.3) is 5.91 Å². The third kappa shape index (κ3) is 3.78. The van der Waals surface area contributed by atoms with Gasteiger partial charge < -0.3 is 10.1 Å². The van der Waals surface area contributed by atoms with E-state index in [1.165, 1.54) is 24.3 Å². The van der Waals surface area contributed by atoms with E-state index in [9.17, 15) is 9.18 Å². The smallest absolute Gasteiger partial charge is 0.257 e. The first-order valence-corrected chi connectivity index (χ1v) is 8.24. The molecule has 1 aromatic carbocycles. The topological polar surface area (TPSA) is 51.2 Å². The molecule has 4 nitrogen and oxygen atoms in total. The number of rotatable bonds is 5. The highest BCUT2D eigenvalue weighted by Crippen LogP contribution is 2.24. The van der Waals surface area contributed by atoms with Gasteiger partial charge in [0.1, 0.15) is 17.1 Å². The van der Waals surface area contributed by atoms with Crippen LogP contribution in [0.3, 0.4) is 0 Å². The van der Waals surface area contributed by atoms with Crippen LogP contribution in [0.1, 0.15) is 28.2 Å². The van der Waals surface area contributed by atoms with Crippen LogP contribution in [0.4, 0.5) is 4.39 Å². The Hall–Kier alpha value is -2.73. The summed E-state index contributed by atoms with van der Waals surface area (Å²) in [6.45, 7) is 1.92. The average molecular weight is 342 g/mol. The van der Waals surface area contributed by atoms with Crippen LogP contribution in [0.25, 0.3) is 0 Å². The van der Waals surface area contributed by atoms with Crippen molar-refractivity contribution in [1.29, 1.82) is 0 Å². The number of benzene rings is 1. The standard InChI is InChI=1S/C18H15FN2O2S/c1-12(16-5-3-11-24-16)21-17(22)15-4-2-10-20-18(15)23-14-8-6-13(19)7-9-14/h2-12H,1H3,(H,21,22)/t12-/m0/s1. The van der Waals surface area contributed by atoms with Crippen molar-refractivity contribution in [2.24, 2.45) is 0 Å². The van der Waals surface area contributed by atoms with Gasteiger partial charge in [0, 0.05) is 11.1 Å². The van der Waals surface area contributed by atoms with Gasteiger partial charge in [0.15, 0.2) is 0 Å². The highest BCUT2D eigenvalue weighted by molar-refractivity contribution is 7.10. The molecule has 2 heterocycles. The lowest BCUT2D eigenvalue weighted by atomic mass is 10.2. The molecule has 0 bridgehead atoms. The first-order chi connectivity index (χ1) is 11.6. The molecule has 0 radical (unpaired) electrons. The summed E-state index contributed by atoms with van der Waals surface area (Å²) in [5.74, 6) is -0.0392. The van der Waals surface area contributed by atoms with E-state index >= 15 is 0 Å². The molecule has 0 saturated carbocycles. The Kier molecular flexibility index (Phi) is 4.86. The van der Waals surface area contributed by atoms with Gasteiger partial charge in [-0.15, -0.1) is 11.3 Å². The quantitative estimate of drug-likeness (QED) is 0.739. The van der Waals surface area contributed by atoms with Crippen molar-refractivity contribution >= 4 is 17.2 Å². The summed E-state index contributed by atoms with van der Waals surface area (Å²) in [5, 5.41) is 4.89. The molecule has 0 spiro atoms. The Balaban J connectivity index is 1.78. The van der Waals surface area contributed by atoms with Crippen molar-refractivity contribution in [1.82, 2.24) is 10.3 Å². The van der Waals surface area contributed by atoms with E-state index in [-0.39, 0.29) is 23.6 Å². The van der Waals surface area contributed by atoms with E-state index in [0.29, 0.717) is 11.3 Å². The van der Waals surface area contributed by atoms with Gasteiger partial charge in [-0.2, -0.15) is 0 Å². The van der Waals surface area contributed by atoms with Crippen LogP contribution in [0.5, 0.6) is 11.6 Å². The molecule has 0 aliphatic rings. The highest BCUT2D eigenvalue weighted by atomic mass is 32.1. The number of aromatic nitrogens is 1. The largest absolute Gasteiger partial charge is 0.438 e. The summed E-state index contributed by atoms with van der Waals surface area (Å²) >= 11 is 1.58. The summed E-state index contributed by atoms with van der Waals surface area (Å²) in [6.07, 6.45) is 1.54. The molecular formula is C18H15FN2O2S. The van der Waals surface area contributed by atoms with Crippen molar-refractivity contribution in [3.63, 3.8) is 0 Å². The van der Waals surface area contributed by atoms with Crippen LogP contribution in [0, 0.1) is 5.82 Å². The Morgan fingerprint density at radius 3 is 2.71 bits per heavy atom. The minimum atomic E-state index is -0.355. The maximum Gasteiger partial charge on any atom is 0.257 e. The molecule has 1 amide bonds. The van der Waals surface area contributed by atoms with Crippen molar-refractivity contribution < 1.29 is 13.9 Å². The predicted octanol–water partition coefficient (Wildman–Crippen LogP) is 4.57. The Bertz CT molecular complexity index is 819. The lowest BCUT2D eigenvalue weighted by molar-refractivity contribution is 0.0937. The summed E-state index contributed by atoms with van der Waals surface area (Å²) < 4.78 is 18.6. The van der Waals surface area contributed by atoms with Crippen molar-refractivity contribution in [3.05, 3.63) is 76.4 Å². The SMILES string of the molecule is C[C@H](NC(=O)c1cccnc1Oc1ccc(F)cc1)c1cccs1. The molecule has 122 valence electrons. The third-order valence-electron chi connectivity index (χ3n) is 3.36. The number of nitrogens with one attached hydrogen (secondary N) is 1. The molecule has 0 fully saturated rings. The lowest BCUT2D eigenvalue weighted by Gasteiger charge is -2.14. The molecule has 6 heteroatoms. The highest BCUT2D eigenvalue weighted by Gasteiger charge is 2.17. The number of amides is 1. The Morgan fingerprint density at radius 1 is 1.21 bits per heavy atom. The predicted molar refractivity (Wildman–Crippen MR) is 90.9 cm³/mol. The van der Waals surface area contributed by atoms with E-state index < -0.39 is 0 Å². The van der Waals surface area contributed by atoms with Gasteiger partial charge in [0.05, 0.1) is 6.04 Å². The van der Waals surface area contributed by atoms with Crippen LogP contribution in [-0.2, 0) is 0 Å². The van der Waals surface area contributed by atoms with E-state index in [1.807, 2.05) is 24.4 Å². The van der Waals surface area contributed by atoms with Gasteiger partial charge in [-0.25, -0.2) is 9.37 Å². The minimum Gasteiger partial charge on any atom is -0.438 e. The summed E-state index contributed by atoms with van der Waals surface area (Å²) in [4.78, 5) is 17.7. The second-order valence-corrected chi connectivity index (χ2v) is 6.10. The fourth-order valence-electron chi connectivity index (χ4n) is 2.14. The maximum absolute atomic E-state index is 13.0. The maximum atomic E-state index is 13.0. The summed E-state index contributed by atoms with van der Waals surface area (Å²) in [6, 6.07) is 12.7. The second-order valence-electron chi connectivity index (χ2n) is 5.12. The van der Waals surface area contributed by atoms with Crippen LogP contribution in [-0.4, -0.2) is 10.9 Å². The van der Waals surface area contributed by atoms with Crippen LogP contribution in [0.2, 0.25) is 0 Å². The number of carbonyl (C=O) groups is 1. The van der Waals surface area contributed by atoms with Crippen molar-refractivity contribution in [2.75, 3.05) is 0 Å². The fraction of sp³-hybridized carbons (Fsp3) is 0.111. The molecule has 3 rings (SSSR count). The molecule has 0 saturated heterocycles. The first-order valence-electron chi connectivity index (χ1n) is 7.36. The number of carbonyl (C=O) groups excluding carboxylic acids is 1. The lowest BCUT2D eigenvalue weighted by Crippen LogP contribution is -2.26. The normalized spacial score (nSPS) is 11.8. The van der Waals surface area contributed by atoms with Crippen LogP contribution in [0.15, 0.2) is 60.1 Å². The third-order valence-corrected chi connectivity index (χ3v) is 4.42. The molecule has 0 aliphatic heterocycles. The Labute approximate surface area is 142 Å². The van der Waals surface area contributed by atoms with Gasteiger partial charge in [-0.3, -0.25) is 4.79 Å². The number of pyridine rings is 1. The van der Waals surface area contributed by atoms with E-state index in [2.05, 4.69) is 10.3 Å². The molecule has 0 unspecified atom stereocenters. The number of halogens is 1. The molecule has 0 aliphatic carbocycles. The molecule has 1 N–H and O–H groups in total. The molecule has 3 aromatic rings.